The first-order valence-corrected chi connectivity index (χ1v) is 4.00. The number of rotatable bonds is 0. The van der Waals surface area contributed by atoms with Crippen molar-refractivity contribution < 1.29 is 0 Å². The van der Waals surface area contributed by atoms with Crippen molar-refractivity contribution in [1.29, 1.82) is 0 Å². The largest absolute Gasteiger partial charge is 0.325 e. The molecule has 0 saturated carbocycles. The summed E-state index contributed by atoms with van der Waals surface area (Å²) in [6, 6.07) is 0. The van der Waals surface area contributed by atoms with Gasteiger partial charge in [-0.25, -0.2) is 9.97 Å². The third kappa shape index (κ3) is 1.35. The van der Waals surface area contributed by atoms with E-state index in [2.05, 4.69) is 15.0 Å². The van der Waals surface area contributed by atoms with E-state index in [0.29, 0.717) is 15.9 Å². The number of hydrogen-bond donors (Lipinski definition) is 1. The van der Waals surface area contributed by atoms with Gasteiger partial charge in [0.2, 0.25) is 4.77 Å². The summed E-state index contributed by atoms with van der Waals surface area (Å²) >= 11 is 4.93. The van der Waals surface area contributed by atoms with Crippen LogP contribution >= 0.6 is 12.2 Å². The first kappa shape index (κ1) is 8.06. The molecule has 0 unspecified atom stereocenters. The smallest absolute Gasteiger partial charge is 0.268 e. The third-order valence-corrected chi connectivity index (χ3v) is 2.01. The van der Waals surface area contributed by atoms with Crippen LogP contribution in [0.3, 0.4) is 0 Å². The molecule has 5 nitrogen and oxygen atoms in total. The van der Waals surface area contributed by atoms with Crippen molar-refractivity contribution in [2.45, 2.75) is 0 Å². The highest BCUT2D eigenvalue weighted by molar-refractivity contribution is 7.71. The lowest BCUT2D eigenvalue weighted by Crippen LogP contribution is -2.08. The minimum Gasteiger partial charge on any atom is -0.325 e. The van der Waals surface area contributed by atoms with Crippen LogP contribution in [0.2, 0.25) is 0 Å². The number of hydrogen-bond acceptors (Lipinski definition) is 4. The van der Waals surface area contributed by atoms with E-state index in [1.807, 2.05) is 0 Å². The molecule has 6 heteroatoms. The molecule has 0 fully saturated rings. The van der Waals surface area contributed by atoms with Crippen molar-refractivity contribution in [3.8, 4) is 0 Å². The van der Waals surface area contributed by atoms with E-state index in [1.165, 1.54) is 6.20 Å². The van der Waals surface area contributed by atoms with E-state index in [4.69, 9.17) is 12.2 Å². The summed E-state index contributed by atoms with van der Waals surface area (Å²) in [6.07, 6.45) is 2.94. The van der Waals surface area contributed by atoms with Crippen molar-refractivity contribution in [3.05, 3.63) is 27.5 Å². The highest BCUT2D eigenvalue weighted by atomic mass is 32.1. The molecule has 2 heterocycles. The van der Waals surface area contributed by atoms with Crippen molar-refractivity contribution in [2.75, 3.05) is 0 Å². The Balaban J connectivity index is 2.97. The molecule has 2 rings (SSSR count). The molecule has 1 N–H and O–H groups in total. The Labute approximate surface area is 78.1 Å². The Morgan fingerprint density at radius 2 is 2.38 bits per heavy atom. The Hall–Kier alpha value is -1.56. The van der Waals surface area contributed by atoms with Crippen LogP contribution in [0.5, 0.6) is 0 Å². The number of nitrogens with one attached hydrogen (secondary N) is 1. The predicted molar refractivity (Wildman–Crippen MR) is 50.0 cm³/mol. The number of nitrogens with zero attached hydrogens (tertiary/aromatic N) is 3. The fourth-order valence-electron chi connectivity index (χ4n) is 0.995. The van der Waals surface area contributed by atoms with Gasteiger partial charge in [-0.15, -0.1) is 0 Å². The van der Waals surface area contributed by atoms with Gasteiger partial charge in [0.05, 0.1) is 6.20 Å². The van der Waals surface area contributed by atoms with Gasteiger partial charge in [-0.05, 0) is 12.2 Å². The highest BCUT2D eigenvalue weighted by Crippen LogP contribution is 2.00. The van der Waals surface area contributed by atoms with Gasteiger partial charge in [-0.1, -0.05) is 0 Å². The maximum atomic E-state index is 10.9. The van der Waals surface area contributed by atoms with Gasteiger partial charge in [-0.3, -0.25) is 4.79 Å². The van der Waals surface area contributed by atoms with E-state index in [1.54, 1.807) is 17.8 Å². The quantitative estimate of drug-likeness (QED) is 0.616. The van der Waals surface area contributed by atoms with E-state index in [0.717, 1.165) is 0 Å². The zero-order chi connectivity index (χ0) is 9.42. The second-order valence-corrected chi connectivity index (χ2v) is 2.98. The van der Waals surface area contributed by atoms with Gasteiger partial charge in [0.15, 0.2) is 5.65 Å². The second kappa shape index (κ2) is 2.74. The number of aromatic amines is 1. The minimum atomic E-state index is -0.275. The predicted octanol–water partition coefficient (Wildman–Crippen LogP) is 0.386. The molecule has 0 bridgehead atoms. The average Bonchev–Trinajstić information content (AvgIpc) is 2.08. The molecular weight excluding hydrogens is 188 g/mol. The van der Waals surface area contributed by atoms with Gasteiger partial charge >= 0.3 is 0 Å². The summed E-state index contributed by atoms with van der Waals surface area (Å²) in [5, 5.41) is 0. The number of H-pyrrole nitrogens is 1. The molecule has 13 heavy (non-hydrogen) atoms. The van der Waals surface area contributed by atoms with Crippen LogP contribution in [0.25, 0.3) is 11.2 Å². The number of fused-ring (bicyclic) bond motifs is 1. The molecule has 0 saturated heterocycles. The lowest BCUT2D eigenvalue weighted by Gasteiger charge is -1.99. The third-order valence-electron chi connectivity index (χ3n) is 1.63. The fourth-order valence-corrected chi connectivity index (χ4v) is 1.14. The summed E-state index contributed by atoms with van der Waals surface area (Å²) in [5.74, 6) is 0. The Morgan fingerprint density at radius 1 is 1.62 bits per heavy atom. The molecule has 66 valence electrons. The summed E-state index contributed by atoms with van der Waals surface area (Å²) in [4.78, 5) is 21.3. The van der Waals surface area contributed by atoms with Crippen molar-refractivity contribution in [3.63, 3.8) is 0 Å². The molecule has 0 aliphatic heterocycles. The summed E-state index contributed by atoms with van der Waals surface area (Å²) < 4.78 is 2.08. The normalized spacial score (nSPS) is 10.5. The maximum absolute atomic E-state index is 10.9. The van der Waals surface area contributed by atoms with E-state index < -0.39 is 0 Å². The van der Waals surface area contributed by atoms with Crippen LogP contribution in [0.15, 0.2) is 17.2 Å². The average molecular weight is 194 g/mol. The Bertz CT molecular complexity index is 570. The first-order chi connectivity index (χ1) is 6.16. The molecule has 0 spiro atoms. The first-order valence-electron chi connectivity index (χ1n) is 3.59. The van der Waals surface area contributed by atoms with Crippen molar-refractivity contribution in [1.82, 2.24) is 19.5 Å². The molecule has 2 aromatic heterocycles. The molecule has 2 aromatic rings. The van der Waals surface area contributed by atoms with Gasteiger partial charge in [0.1, 0.15) is 5.52 Å². The Morgan fingerprint density at radius 3 is 3.15 bits per heavy atom. The monoisotopic (exact) mass is 194 g/mol. The molecule has 0 aliphatic carbocycles. The molecule has 0 atom stereocenters. The van der Waals surface area contributed by atoms with Crippen LogP contribution in [-0.4, -0.2) is 19.5 Å². The molecule has 0 amide bonds. The summed E-state index contributed by atoms with van der Waals surface area (Å²) in [7, 11) is 1.78. The van der Waals surface area contributed by atoms with Gasteiger partial charge in [-0.2, -0.15) is 0 Å². The van der Waals surface area contributed by atoms with Gasteiger partial charge < -0.3 is 9.55 Å². The highest BCUT2D eigenvalue weighted by Gasteiger charge is 1.97. The molecule has 0 aromatic carbocycles. The maximum Gasteiger partial charge on any atom is 0.268 e. The van der Waals surface area contributed by atoms with Crippen LogP contribution < -0.4 is 5.56 Å². The summed E-state index contributed by atoms with van der Waals surface area (Å²) in [5.41, 5.74) is 0.773. The van der Waals surface area contributed by atoms with Crippen LogP contribution in [0.4, 0.5) is 0 Å². The topological polar surface area (TPSA) is 63.6 Å². The van der Waals surface area contributed by atoms with Crippen LogP contribution in [0.1, 0.15) is 0 Å². The fraction of sp³-hybridized carbons (Fsp3) is 0.143. The standard InChI is InChI=1S/C7H6N4OS/c1-11-3-4-6(10-7(11)13)9-5(12)2-8-4/h2-3H,1H3,(H,9,10,12,13). The SMILES string of the molecule is Cn1cc2ncc(=O)[nH]c2nc1=S. The van der Waals surface area contributed by atoms with E-state index in [9.17, 15) is 4.79 Å². The van der Waals surface area contributed by atoms with E-state index in [-0.39, 0.29) is 5.56 Å². The molecular formula is C7H6N4OS. The second-order valence-electron chi connectivity index (χ2n) is 2.62. The zero-order valence-corrected chi connectivity index (χ0v) is 7.63. The lowest BCUT2D eigenvalue weighted by atomic mass is 10.5. The van der Waals surface area contributed by atoms with Crippen LogP contribution in [0, 0.1) is 4.77 Å². The zero-order valence-electron chi connectivity index (χ0n) is 6.81. The van der Waals surface area contributed by atoms with Gasteiger partial charge in [0.25, 0.3) is 5.56 Å². The lowest BCUT2D eigenvalue weighted by molar-refractivity contribution is 0.851. The number of aryl methyl sites for hydroxylation is 1. The Kier molecular flexibility index (Phi) is 1.70. The molecule has 0 aliphatic rings. The van der Waals surface area contributed by atoms with E-state index >= 15 is 0 Å². The van der Waals surface area contributed by atoms with Crippen molar-refractivity contribution in [2.24, 2.45) is 7.05 Å². The van der Waals surface area contributed by atoms with Crippen molar-refractivity contribution >= 4 is 23.4 Å². The molecule has 0 radical (unpaired) electrons. The summed E-state index contributed by atoms with van der Waals surface area (Å²) in [6.45, 7) is 0. The van der Waals surface area contributed by atoms with Crippen LogP contribution in [-0.2, 0) is 7.05 Å². The van der Waals surface area contributed by atoms with Gasteiger partial charge in [0, 0.05) is 13.2 Å². The number of aromatic nitrogens is 4. The minimum absolute atomic E-state index is 0.275.